The number of methoxy groups -OCH3 is 2. The standard InChI is InChI=1S/C20H33N5O4/c1-14(23(2)10-11-28-4)22-18-17(12-21)24(3)20(27)25(18)13-15-6-8-16(9-7-15)19(26)29-5/h12,15-16H,1,6-11,13,21H2,2-5H3/b17-12+,22-18+/t15-,16-. The maximum absolute atomic E-state index is 12.8. The third kappa shape index (κ3) is 5.29. The number of hydrogen-bond donors (Lipinski definition) is 1. The van der Waals surface area contributed by atoms with Crippen LogP contribution in [0, 0.1) is 11.8 Å². The van der Waals surface area contributed by atoms with Crippen molar-refractivity contribution < 1.29 is 19.1 Å². The lowest BCUT2D eigenvalue weighted by atomic mass is 9.82. The van der Waals surface area contributed by atoms with E-state index in [0.717, 1.165) is 25.7 Å². The van der Waals surface area contributed by atoms with Crippen LogP contribution >= 0.6 is 0 Å². The second kappa shape index (κ2) is 10.3. The summed E-state index contributed by atoms with van der Waals surface area (Å²) in [6.07, 6.45) is 4.66. The van der Waals surface area contributed by atoms with Crippen LogP contribution in [0.1, 0.15) is 25.7 Å². The lowest BCUT2D eigenvalue weighted by Crippen LogP contribution is -2.38. The van der Waals surface area contributed by atoms with Gasteiger partial charge in [0.25, 0.3) is 0 Å². The second-order valence-electron chi connectivity index (χ2n) is 7.51. The van der Waals surface area contributed by atoms with Crippen LogP contribution in [-0.4, -0.2) is 80.5 Å². The van der Waals surface area contributed by atoms with Crippen LogP contribution < -0.4 is 5.73 Å². The Bertz CT molecular complexity index is 682. The van der Waals surface area contributed by atoms with Gasteiger partial charge in [-0.25, -0.2) is 9.79 Å². The fourth-order valence-electron chi connectivity index (χ4n) is 3.70. The average molecular weight is 408 g/mol. The summed E-state index contributed by atoms with van der Waals surface area (Å²) in [5.41, 5.74) is 6.35. The Kier molecular flexibility index (Phi) is 8.07. The third-order valence-electron chi connectivity index (χ3n) is 5.65. The fraction of sp³-hybridized carbons (Fsp3) is 0.650. The van der Waals surface area contributed by atoms with Gasteiger partial charge in [-0.05, 0) is 31.6 Å². The number of rotatable bonds is 8. The molecule has 162 valence electrons. The number of amides is 2. The number of ether oxygens (including phenoxy) is 2. The zero-order chi connectivity index (χ0) is 21.6. The molecule has 0 atom stereocenters. The minimum absolute atomic E-state index is 0.0462. The molecule has 0 aromatic rings. The molecule has 2 aliphatic rings. The van der Waals surface area contributed by atoms with E-state index in [1.807, 2.05) is 11.9 Å². The molecule has 0 unspecified atom stereocenters. The summed E-state index contributed by atoms with van der Waals surface area (Å²) in [6, 6.07) is -0.164. The Morgan fingerprint density at radius 1 is 1.34 bits per heavy atom. The molecule has 2 N–H and O–H groups in total. The summed E-state index contributed by atoms with van der Waals surface area (Å²) in [5.74, 6) is 1.12. The van der Waals surface area contributed by atoms with Gasteiger partial charge in [0.2, 0.25) is 0 Å². The summed E-state index contributed by atoms with van der Waals surface area (Å²) in [5, 5.41) is 0. The van der Waals surface area contributed by atoms with Crippen molar-refractivity contribution in [2.75, 3.05) is 48.0 Å². The van der Waals surface area contributed by atoms with Gasteiger partial charge < -0.3 is 20.1 Å². The molecule has 1 heterocycles. The number of hydrogen-bond acceptors (Lipinski definition) is 7. The van der Waals surface area contributed by atoms with Crippen molar-refractivity contribution in [3.8, 4) is 0 Å². The van der Waals surface area contributed by atoms with Gasteiger partial charge in [-0.3, -0.25) is 14.6 Å². The van der Waals surface area contributed by atoms with E-state index in [1.165, 1.54) is 18.2 Å². The number of carbonyl (C=O) groups excluding carboxylic acids is 2. The number of amidine groups is 1. The van der Waals surface area contributed by atoms with Gasteiger partial charge in [0, 0.05) is 40.5 Å². The van der Waals surface area contributed by atoms with E-state index in [-0.39, 0.29) is 23.8 Å². The van der Waals surface area contributed by atoms with Crippen molar-refractivity contribution in [1.82, 2.24) is 14.7 Å². The predicted octanol–water partition coefficient (Wildman–Crippen LogP) is 1.58. The Hall–Kier alpha value is -2.55. The molecule has 2 amide bonds. The zero-order valence-corrected chi connectivity index (χ0v) is 17.9. The molecular formula is C20H33N5O4. The Morgan fingerprint density at radius 2 is 2.00 bits per heavy atom. The molecule has 0 spiro atoms. The molecule has 0 aromatic carbocycles. The minimum Gasteiger partial charge on any atom is -0.469 e. The van der Waals surface area contributed by atoms with Gasteiger partial charge in [-0.15, -0.1) is 0 Å². The topological polar surface area (TPSA) is 101 Å². The van der Waals surface area contributed by atoms with Gasteiger partial charge in [0.1, 0.15) is 11.5 Å². The Morgan fingerprint density at radius 3 is 2.55 bits per heavy atom. The lowest BCUT2D eigenvalue weighted by molar-refractivity contribution is -0.146. The smallest absolute Gasteiger partial charge is 0.330 e. The molecule has 29 heavy (non-hydrogen) atoms. The number of likely N-dealkylation sites (N-methyl/N-ethyl adjacent to an activating group) is 2. The number of aliphatic imine (C=N–C) groups is 1. The number of carbonyl (C=O) groups is 2. The van der Waals surface area contributed by atoms with E-state index in [9.17, 15) is 9.59 Å². The van der Waals surface area contributed by atoms with E-state index in [2.05, 4.69) is 11.6 Å². The molecule has 1 aliphatic heterocycles. The van der Waals surface area contributed by atoms with Crippen LogP contribution in [-0.2, 0) is 14.3 Å². The van der Waals surface area contributed by atoms with Crippen molar-refractivity contribution in [2.24, 2.45) is 22.6 Å². The van der Waals surface area contributed by atoms with E-state index in [1.54, 1.807) is 19.1 Å². The van der Waals surface area contributed by atoms with Crippen molar-refractivity contribution in [3.63, 3.8) is 0 Å². The van der Waals surface area contributed by atoms with Crippen LogP contribution in [0.3, 0.4) is 0 Å². The fourth-order valence-corrected chi connectivity index (χ4v) is 3.70. The molecule has 0 bridgehead atoms. The Labute approximate surface area is 172 Å². The number of urea groups is 1. The van der Waals surface area contributed by atoms with Crippen molar-refractivity contribution in [1.29, 1.82) is 0 Å². The van der Waals surface area contributed by atoms with E-state index < -0.39 is 0 Å². The van der Waals surface area contributed by atoms with Crippen LogP contribution in [0.25, 0.3) is 0 Å². The van der Waals surface area contributed by atoms with Crippen molar-refractivity contribution >= 4 is 17.8 Å². The molecule has 1 aliphatic carbocycles. The SMILES string of the molecule is C=C(/N=C1\C(=C/N)N(C)C(=O)N1C[C@H]1CC[C@H](C(=O)OC)CC1)N(C)CCOC. The van der Waals surface area contributed by atoms with E-state index >= 15 is 0 Å². The third-order valence-corrected chi connectivity index (χ3v) is 5.65. The summed E-state index contributed by atoms with van der Waals surface area (Å²) in [7, 11) is 6.62. The largest absolute Gasteiger partial charge is 0.469 e. The summed E-state index contributed by atoms with van der Waals surface area (Å²) >= 11 is 0. The van der Waals surface area contributed by atoms with Gasteiger partial charge in [-0.1, -0.05) is 6.58 Å². The molecule has 2 fully saturated rings. The normalized spacial score (nSPS) is 25.0. The molecule has 9 nitrogen and oxygen atoms in total. The minimum atomic E-state index is -0.164. The zero-order valence-electron chi connectivity index (χ0n) is 17.9. The summed E-state index contributed by atoms with van der Waals surface area (Å²) < 4.78 is 9.95. The van der Waals surface area contributed by atoms with Crippen molar-refractivity contribution in [2.45, 2.75) is 25.7 Å². The molecule has 2 rings (SSSR count). The maximum atomic E-state index is 12.8. The highest BCUT2D eigenvalue weighted by atomic mass is 16.5. The number of esters is 1. The first-order valence-corrected chi connectivity index (χ1v) is 9.87. The first-order chi connectivity index (χ1) is 13.8. The summed E-state index contributed by atoms with van der Waals surface area (Å²) in [4.78, 5) is 34.2. The number of nitrogens with two attached hydrogens (primary N) is 1. The lowest BCUT2D eigenvalue weighted by Gasteiger charge is -2.30. The molecule has 9 heteroatoms. The van der Waals surface area contributed by atoms with Gasteiger partial charge in [-0.2, -0.15) is 0 Å². The monoisotopic (exact) mass is 407 g/mol. The molecule has 0 aromatic heterocycles. The van der Waals surface area contributed by atoms with E-state index in [4.69, 9.17) is 15.2 Å². The first kappa shape index (κ1) is 22.7. The Balaban J connectivity index is 2.13. The van der Waals surface area contributed by atoms with Crippen LogP contribution in [0.4, 0.5) is 4.79 Å². The maximum Gasteiger partial charge on any atom is 0.330 e. The summed E-state index contributed by atoms with van der Waals surface area (Å²) in [6.45, 7) is 5.73. The molecule has 0 radical (unpaired) electrons. The second-order valence-corrected chi connectivity index (χ2v) is 7.51. The van der Waals surface area contributed by atoms with Gasteiger partial charge in [0.15, 0.2) is 5.84 Å². The predicted molar refractivity (Wildman–Crippen MR) is 111 cm³/mol. The highest BCUT2D eigenvalue weighted by molar-refractivity contribution is 6.14. The molecule has 1 saturated heterocycles. The highest BCUT2D eigenvalue weighted by Gasteiger charge is 2.39. The average Bonchev–Trinajstić information content (AvgIpc) is 2.95. The van der Waals surface area contributed by atoms with Gasteiger partial charge >= 0.3 is 12.0 Å². The number of nitrogens with zero attached hydrogens (tertiary/aromatic N) is 4. The van der Waals surface area contributed by atoms with Crippen LogP contribution in [0.15, 0.2) is 29.3 Å². The molecular weight excluding hydrogens is 374 g/mol. The first-order valence-electron chi connectivity index (χ1n) is 9.87. The van der Waals surface area contributed by atoms with Crippen LogP contribution in [0.2, 0.25) is 0 Å². The van der Waals surface area contributed by atoms with Gasteiger partial charge in [0.05, 0.1) is 19.6 Å². The van der Waals surface area contributed by atoms with Crippen LogP contribution in [0.5, 0.6) is 0 Å². The van der Waals surface area contributed by atoms with Crippen molar-refractivity contribution in [3.05, 3.63) is 24.3 Å². The van der Waals surface area contributed by atoms with E-state index in [0.29, 0.717) is 37.1 Å². The molecule has 1 saturated carbocycles. The quantitative estimate of drug-likeness (QED) is 0.613. The highest BCUT2D eigenvalue weighted by Crippen LogP contribution is 2.32.